The Balaban J connectivity index is 1.51. The number of nitrogens with zero attached hydrogens (tertiary/aromatic N) is 2. The summed E-state index contributed by atoms with van der Waals surface area (Å²) in [6, 6.07) is 19.5. The van der Waals surface area contributed by atoms with Crippen molar-refractivity contribution in [1.29, 1.82) is 0 Å². The van der Waals surface area contributed by atoms with Crippen LogP contribution in [0.25, 0.3) is 0 Å². The molecular formula is C28H23BrFN5O3. The summed E-state index contributed by atoms with van der Waals surface area (Å²) < 4.78 is 21.0. The molecule has 10 heteroatoms. The summed E-state index contributed by atoms with van der Waals surface area (Å²) in [5.41, 5.74) is 3.17. The van der Waals surface area contributed by atoms with Crippen molar-refractivity contribution in [1.82, 2.24) is 9.78 Å². The van der Waals surface area contributed by atoms with Gasteiger partial charge in [0, 0.05) is 21.5 Å². The zero-order valence-electron chi connectivity index (χ0n) is 20.5. The van der Waals surface area contributed by atoms with Crippen LogP contribution in [0.5, 0.6) is 5.75 Å². The predicted molar refractivity (Wildman–Crippen MR) is 147 cm³/mol. The van der Waals surface area contributed by atoms with Crippen LogP contribution in [0.2, 0.25) is 0 Å². The van der Waals surface area contributed by atoms with Crippen LogP contribution < -0.4 is 20.7 Å². The van der Waals surface area contributed by atoms with E-state index >= 15 is 0 Å². The number of carbonyl (C=O) groups is 2. The highest BCUT2D eigenvalue weighted by molar-refractivity contribution is 9.10. The van der Waals surface area contributed by atoms with Gasteiger partial charge in [0.25, 0.3) is 11.8 Å². The molecule has 0 saturated carbocycles. The zero-order chi connectivity index (χ0) is 26.8. The summed E-state index contributed by atoms with van der Waals surface area (Å²) >= 11 is 3.46. The maximum atomic E-state index is 13.6. The van der Waals surface area contributed by atoms with Gasteiger partial charge in [-0.2, -0.15) is 5.10 Å². The standard InChI is InChI=1S/C28H23BrFN5O3/c1-16-24(28(37)34-21-11-13-22(38-2)14-12-21)25(17-3-5-18(29)6-4-17)35-26(32-16)23(15-31-35)27(36)33-20-9-7-19(30)8-10-20/h3-15,25,32H,1-2H3,(H,33,36)(H,34,37). The number of anilines is 3. The Morgan fingerprint density at radius 1 is 0.947 bits per heavy atom. The fourth-order valence-electron chi connectivity index (χ4n) is 4.27. The highest BCUT2D eigenvalue weighted by Crippen LogP contribution is 2.38. The number of rotatable bonds is 6. The van der Waals surface area contributed by atoms with Crippen LogP contribution in [0.1, 0.15) is 28.9 Å². The summed E-state index contributed by atoms with van der Waals surface area (Å²) in [7, 11) is 1.58. The molecule has 192 valence electrons. The first-order chi connectivity index (χ1) is 18.3. The maximum Gasteiger partial charge on any atom is 0.261 e. The third-order valence-corrected chi connectivity index (χ3v) is 6.68. The Labute approximate surface area is 226 Å². The van der Waals surface area contributed by atoms with Crippen molar-refractivity contribution in [2.75, 3.05) is 23.1 Å². The van der Waals surface area contributed by atoms with Gasteiger partial charge in [-0.1, -0.05) is 28.1 Å². The number of ether oxygens (including phenoxy) is 1. The fourth-order valence-corrected chi connectivity index (χ4v) is 4.54. The Bertz CT molecular complexity index is 1530. The molecule has 3 aromatic carbocycles. The molecule has 1 atom stereocenters. The van der Waals surface area contributed by atoms with Gasteiger partial charge < -0.3 is 20.7 Å². The van der Waals surface area contributed by atoms with E-state index in [1.165, 1.54) is 30.5 Å². The van der Waals surface area contributed by atoms with Crippen LogP contribution in [-0.2, 0) is 4.79 Å². The van der Waals surface area contributed by atoms with E-state index < -0.39 is 17.8 Å². The van der Waals surface area contributed by atoms with Crippen LogP contribution in [-0.4, -0.2) is 28.7 Å². The van der Waals surface area contributed by atoms with Gasteiger partial charge in [0.15, 0.2) is 0 Å². The van der Waals surface area contributed by atoms with Gasteiger partial charge in [0.05, 0.1) is 18.9 Å². The van der Waals surface area contributed by atoms with E-state index in [2.05, 4.69) is 37.0 Å². The number of benzene rings is 3. The van der Waals surface area contributed by atoms with Crippen LogP contribution in [0.15, 0.2) is 94.7 Å². The molecule has 0 spiro atoms. The molecule has 1 aromatic heterocycles. The van der Waals surface area contributed by atoms with Crippen LogP contribution in [0.3, 0.4) is 0 Å². The van der Waals surface area contributed by atoms with Crippen molar-refractivity contribution in [3.63, 3.8) is 0 Å². The quantitative estimate of drug-likeness (QED) is 0.263. The van der Waals surface area contributed by atoms with E-state index in [0.717, 1.165) is 10.0 Å². The Hall–Kier alpha value is -4.44. The maximum absolute atomic E-state index is 13.6. The average Bonchev–Trinajstić information content (AvgIpc) is 3.33. The zero-order valence-corrected chi connectivity index (χ0v) is 22.0. The molecule has 1 aliphatic heterocycles. The molecule has 38 heavy (non-hydrogen) atoms. The molecule has 2 amide bonds. The molecule has 1 aliphatic rings. The molecule has 0 radical (unpaired) electrons. The summed E-state index contributed by atoms with van der Waals surface area (Å²) in [6.45, 7) is 1.78. The fraction of sp³-hybridized carbons (Fsp3) is 0.107. The number of aromatic nitrogens is 2. The topological polar surface area (TPSA) is 97.3 Å². The lowest BCUT2D eigenvalue weighted by Crippen LogP contribution is -2.32. The van der Waals surface area contributed by atoms with Gasteiger partial charge in [0.2, 0.25) is 0 Å². The average molecular weight is 576 g/mol. The van der Waals surface area contributed by atoms with Gasteiger partial charge in [0.1, 0.15) is 29.0 Å². The lowest BCUT2D eigenvalue weighted by molar-refractivity contribution is -0.113. The van der Waals surface area contributed by atoms with Crippen LogP contribution in [0.4, 0.5) is 21.6 Å². The van der Waals surface area contributed by atoms with Crippen molar-refractivity contribution in [2.24, 2.45) is 0 Å². The van der Waals surface area contributed by atoms with E-state index in [4.69, 9.17) is 4.74 Å². The number of nitrogens with one attached hydrogen (secondary N) is 3. The van der Waals surface area contributed by atoms with Crippen LogP contribution >= 0.6 is 15.9 Å². The minimum Gasteiger partial charge on any atom is -0.497 e. The van der Waals surface area contributed by atoms with Gasteiger partial charge >= 0.3 is 0 Å². The van der Waals surface area contributed by atoms with E-state index in [0.29, 0.717) is 34.2 Å². The summed E-state index contributed by atoms with van der Waals surface area (Å²) in [4.78, 5) is 26.7. The normalized spacial score (nSPS) is 14.4. The highest BCUT2D eigenvalue weighted by atomic mass is 79.9. The van der Waals surface area contributed by atoms with E-state index in [9.17, 15) is 14.0 Å². The smallest absolute Gasteiger partial charge is 0.261 e. The molecule has 0 bridgehead atoms. The number of amides is 2. The SMILES string of the molecule is COc1ccc(NC(=O)C2=C(C)Nc3c(C(=O)Nc4ccc(F)cc4)cnn3C2c2ccc(Br)cc2)cc1. The Morgan fingerprint density at radius 3 is 2.18 bits per heavy atom. The predicted octanol–water partition coefficient (Wildman–Crippen LogP) is 5.97. The first-order valence-electron chi connectivity index (χ1n) is 11.7. The summed E-state index contributed by atoms with van der Waals surface area (Å²) in [5.74, 6) is -0.00866. The number of hydrogen-bond acceptors (Lipinski definition) is 5. The van der Waals surface area contributed by atoms with Crippen molar-refractivity contribution >= 4 is 44.9 Å². The number of hydrogen-bond donors (Lipinski definition) is 3. The molecule has 0 fully saturated rings. The van der Waals surface area contributed by atoms with E-state index in [1.54, 1.807) is 43.0 Å². The number of methoxy groups -OCH3 is 1. The summed E-state index contributed by atoms with van der Waals surface area (Å²) in [5, 5.41) is 13.4. The molecule has 2 heterocycles. The first-order valence-corrected chi connectivity index (χ1v) is 12.5. The Morgan fingerprint density at radius 2 is 1.55 bits per heavy atom. The van der Waals surface area contributed by atoms with Gasteiger partial charge in [-0.05, 0) is 73.2 Å². The second-order valence-electron chi connectivity index (χ2n) is 8.61. The van der Waals surface area contributed by atoms with Crippen molar-refractivity contribution in [2.45, 2.75) is 13.0 Å². The molecule has 0 aliphatic carbocycles. The monoisotopic (exact) mass is 575 g/mol. The molecular weight excluding hydrogens is 553 g/mol. The van der Waals surface area contributed by atoms with Gasteiger partial charge in [-0.3, -0.25) is 9.59 Å². The summed E-state index contributed by atoms with van der Waals surface area (Å²) in [6.07, 6.45) is 1.45. The highest BCUT2D eigenvalue weighted by Gasteiger charge is 2.35. The third-order valence-electron chi connectivity index (χ3n) is 6.15. The number of fused-ring (bicyclic) bond motifs is 1. The van der Waals surface area contributed by atoms with Crippen molar-refractivity contribution in [3.8, 4) is 5.75 Å². The lowest BCUT2D eigenvalue weighted by Gasteiger charge is -2.30. The number of allylic oxidation sites excluding steroid dienone is 1. The Kier molecular flexibility index (Phi) is 6.97. The van der Waals surface area contributed by atoms with Crippen LogP contribution in [0, 0.1) is 5.82 Å². The van der Waals surface area contributed by atoms with E-state index in [-0.39, 0.29) is 11.5 Å². The largest absolute Gasteiger partial charge is 0.497 e. The minimum atomic E-state index is -0.607. The van der Waals surface area contributed by atoms with Crippen molar-refractivity contribution in [3.05, 3.63) is 112 Å². The minimum absolute atomic E-state index is 0.283. The van der Waals surface area contributed by atoms with Crippen molar-refractivity contribution < 1.29 is 18.7 Å². The second-order valence-corrected chi connectivity index (χ2v) is 9.53. The number of halogens is 2. The molecule has 8 nitrogen and oxygen atoms in total. The molecule has 3 N–H and O–H groups in total. The third kappa shape index (κ3) is 5.03. The molecule has 5 rings (SSSR count). The van der Waals surface area contributed by atoms with Gasteiger partial charge in [-0.25, -0.2) is 9.07 Å². The number of carbonyl (C=O) groups excluding carboxylic acids is 2. The van der Waals surface area contributed by atoms with E-state index in [1.807, 2.05) is 24.3 Å². The molecule has 4 aromatic rings. The molecule has 1 unspecified atom stereocenters. The second kappa shape index (κ2) is 10.5. The first kappa shape index (κ1) is 25.2. The van der Waals surface area contributed by atoms with Gasteiger partial charge in [-0.15, -0.1) is 0 Å². The molecule has 0 saturated heterocycles. The lowest BCUT2D eigenvalue weighted by atomic mass is 9.94.